The zero-order chi connectivity index (χ0) is 25.6. The Kier molecular flexibility index (Phi) is 9.15. The van der Waals surface area contributed by atoms with E-state index in [9.17, 15) is 32.7 Å². The van der Waals surface area contributed by atoms with Gasteiger partial charge in [-0.25, -0.2) is 14.4 Å². The van der Waals surface area contributed by atoms with Crippen LogP contribution in [0.3, 0.4) is 0 Å². The summed E-state index contributed by atoms with van der Waals surface area (Å²) in [6.45, 7) is 9.53. The molecule has 11 heteroatoms. The minimum atomic E-state index is -4.49. The number of amides is 2. The highest BCUT2D eigenvalue weighted by atomic mass is 19.4. The number of alkyl carbamates (subject to hydrolysis) is 1. The molecule has 0 bridgehead atoms. The number of nitrogens with one attached hydrogen (secondary N) is 1. The fourth-order valence-corrected chi connectivity index (χ4v) is 2.57. The van der Waals surface area contributed by atoms with E-state index in [0.29, 0.717) is 5.56 Å². The molecule has 1 atom stereocenters. The van der Waals surface area contributed by atoms with E-state index in [1.54, 1.807) is 41.5 Å². The van der Waals surface area contributed by atoms with Crippen LogP contribution in [-0.4, -0.2) is 52.0 Å². The van der Waals surface area contributed by atoms with Crippen LogP contribution in [0.2, 0.25) is 0 Å². The number of carboxylic acid groups (broad SMARTS) is 1. The van der Waals surface area contributed by atoms with Crippen LogP contribution in [0.5, 0.6) is 0 Å². The summed E-state index contributed by atoms with van der Waals surface area (Å²) in [5.74, 6) is -1.33. The van der Waals surface area contributed by atoms with Crippen LogP contribution in [-0.2, 0) is 27.0 Å². The molecule has 33 heavy (non-hydrogen) atoms. The van der Waals surface area contributed by atoms with Crippen LogP contribution in [0.1, 0.15) is 59.1 Å². The molecular formula is C22H31F3N2O6. The highest BCUT2D eigenvalue weighted by Gasteiger charge is 2.31. The number of halogens is 3. The molecule has 0 aliphatic rings. The van der Waals surface area contributed by atoms with Gasteiger partial charge in [0, 0.05) is 13.1 Å². The van der Waals surface area contributed by atoms with Crippen molar-refractivity contribution in [2.75, 3.05) is 6.54 Å². The van der Waals surface area contributed by atoms with E-state index in [-0.39, 0.29) is 19.5 Å². The van der Waals surface area contributed by atoms with Crippen molar-refractivity contribution < 1.29 is 42.1 Å². The van der Waals surface area contributed by atoms with Crippen molar-refractivity contribution in [1.82, 2.24) is 10.2 Å². The second-order valence-corrected chi connectivity index (χ2v) is 9.42. The number of ether oxygens (including phenoxy) is 2. The Balaban J connectivity index is 2.98. The van der Waals surface area contributed by atoms with Gasteiger partial charge in [0.05, 0.1) is 5.56 Å². The molecule has 1 aromatic carbocycles. The van der Waals surface area contributed by atoms with E-state index in [2.05, 4.69) is 5.32 Å². The molecule has 0 aliphatic carbocycles. The number of aliphatic carboxylic acids is 1. The maximum atomic E-state index is 12.8. The first-order chi connectivity index (χ1) is 14.9. The molecule has 0 unspecified atom stereocenters. The van der Waals surface area contributed by atoms with E-state index in [0.717, 1.165) is 12.1 Å². The van der Waals surface area contributed by atoms with Crippen LogP contribution in [0.4, 0.5) is 22.8 Å². The molecule has 0 saturated heterocycles. The number of carbonyl (C=O) groups is 3. The first-order valence-corrected chi connectivity index (χ1v) is 10.2. The lowest BCUT2D eigenvalue weighted by Crippen LogP contribution is -2.46. The maximum Gasteiger partial charge on any atom is 0.416 e. The molecule has 186 valence electrons. The van der Waals surface area contributed by atoms with Crippen molar-refractivity contribution in [3.05, 3.63) is 35.4 Å². The Bertz CT molecular complexity index is 827. The third kappa shape index (κ3) is 10.9. The predicted octanol–water partition coefficient (Wildman–Crippen LogP) is 4.81. The van der Waals surface area contributed by atoms with Gasteiger partial charge in [-0.2, -0.15) is 13.2 Å². The molecule has 0 radical (unpaired) electrons. The van der Waals surface area contributed by atoms with Crippen LogP contribution in [0.25, 0.3) is 0 Å². The molecule has 0 saturated carbocycles. The van der Waals surface area contributed by atoms with E-state index >= 15 is 0 Å². The number of nitrogens with zero attached hydrogens (tertiary/aromatic N) is 1. The molecule has 0 spiro atoms. The summed E-state index contributed by atoms with van der Waals surface area (Å²) in [6, 6.07) is 2.89. The third-order valence-corrected chi connectivity index (χ3v) is 3.98. The molecule has 0 aliphatic heterocycles. The minimum Gasteiger partial charge on any atom is -0.480 e. The smallest absolute Gasteiger partial charge is 0.416 e. The Morgan fingerprint density at radius 3 is 1.91 bits per heavy atom. The maximum absolute atomic E-state index is 12.8. The van der Waals surface area contributed by atoms with Crippen LogP contribution >= 0.6 is 0 Å². The van der Waals surface area contributed by atoms with E-state index in [4.69, 9.17) is 9.47 Å². The van der Waals surface area contributed by atoms with Crippen molar-refractivity contribution in [3.63, 3.8) is 0 Å². The van der Waals surface area contributed by atoms with Gasteiger partial charge in [0.1, 0.15) is 17.2 Å². The van der Waals surface area contributed by atoms with Gasteiger partial charge in [-0.1, -0.05) is 12.1 Å². The Labute approximate surface area is 191 Å². The molecule has 0 heterocycles. The minimum absolute atomic E-state index is 0.119. The molecule has 2 amide bonds. The Morgan fingerprint density at radius 1 is 0.970 bits per heavy atom. The van der Waals surface area contributed by atoms with E-state index in [1.807, 2.05) is 0 Å². The summed E-state index contributed by atoms with van der Waals surface area (Å²) in [4.78, 5) is 37.4. The quantitative estimate of drug-likeness (QED) is 0.585. The summed E-state index contributed by atoms with van der Waals surface area (Å²) in [5.41, 5.74) is -2.13. The van der Waals surface area contributed by atoms with Gasteiger partial charge in [-0.05, 0) is 65.7 Å². The number of alkyl halides is 3. The molecule has 1 rings (SSSR count). The number of benzene rings is 1. The van der Waals surface area contributed by atoms with Gasteiger partial charge in [0.25, 0.3) is 0 Å². The van der Waals surface area contributed by atoms with Gasteiger partial charge in [0.15, 0.2) is 0 Å². The number of hydrogen-bond donors (Lipinski definition) is 2. The van der Waals surface area contributed by atoms with Crippen LogP contribution in [0, 0.1) is 0 Å². The van der Waals surface area contributed by atoms with Crippen molar-refractivity contribution in [2.45, 2.75) is 77.9 Å². The molecule has 0 aromatic heterocycles. The lowest BCUT2D eigenvalue weighted by Gasteiger charge is -2.28. The van der Waals surface area contributed by atoms with Crippen molar-refractivity contribution in [1.29, 1.82) is 0 Å². The standard InChI is InChI=1S/C22H31F3N2O6/c1-20(2,3)32-18(30)26-16(17(28)29)11-12-27(19(31)33-21(4,5)6)13-14-7-9-15(10-8-14)22(23,24)25/h7-10,16H,11-13H2,1-6H3,(H,26,30)(H,28,29)/t16-/m0/s1. The van der Waals surface area contributed by atoms with Gasteiger partial charge in [-0.15, -0.1) is 0 Å². The highest BCUT2D eigenvalue weighted by Crippen LogP contribution is 2.29. The molecule has 2 N–H and O–H groups in total. The Hall–Kier alpha value is -2.98. The summed E-state index contributed by atoms with van der Waals surface area (Å²) < 4.78 is 48.8. The number of hydrogen-bond acceptors (Lipinski definition) is 5. The van der Waals surface area contributed by atoms with Crippen LogP contribution < -0.4 is 5.32 Å². The lowest BCUT2D eigenvalue weighted by atomic mass is 10.1. The van der Waals surface area contributed by atoms with Crippen molar-refractivity contribution in [2.24, 2.45) is 0 Å². The summed E-state index contributed by atoms with van der Waals surface area (Å²) in [6.07, 6.45) is -6.38. The normalized spacial score (nSPS) is 13.1. The zero-order valence-electron chi connectivity index (χ0n) is 19.6. The number of rotatable bonds is 7. The molecule has 0 fully saturated rings. The lowest BCUT2D eigenvalue weighted by molar-refractivity contribution is -0.140. The number of carboxylic acids is 1. The first kappa shape index (κ1) is 28.1. The summed E-state index contributed by atoms with van der Waals surface area (Å²) in [5, 5.41) is 11.7. The molecule has 8 nitrogen and oxygen atoms in total. The second-order valence-electron chi connectivity index (χ2n) is 9.42. The summed E-state index contributed by atoms with van der Waals surface area (Å²) >= 11 is 0. The average Bonchev–Trinajstić information content (AvgIpc) is 2.60. The number of carbonyl (C=O) groups excluding carboxylic acids is 2. The second kappa shape index (κ2) is 10.8. The SMILES string of the molecule is CC(C)(C)OC(=O)N[C@@H](CCN(Cc1ccc(C(F)(F)F)cc1)C(=O)OC(C)(C)C)C(=O)O. The van der Waals surface area contributed by atoms with Crippen molar-refractivity contribution >= 4 is 18.2 Å². The molecular weight excluding hydrogens is 445 g/mol. The van der Waals surface area contributed by atoms with Crippen LogP contribution in [0.15, 0.2) is 24.3 Å². The van der Waals surface area contributed by atoms with E-state index in [1.165, 1.54) is 17.0 Å². The zero-order valence-corrected chi connectivity index (χ0v) is 19.6. The third-order valence-electron chi connectivity index (χ3n) is 3.98. The fraction of sp³-hybridized carbons (Fsp3) is 0.591. The van der Waals surface area contributed by atoms with Gasteiger partial charge in [0.2, 0.25) is 0 Å². The average molecular weight is 476 g/mol. The van der Waals surface area contributed by atoms with Gasteiger partial charge < -0.3 is 24.8 Å². The van der Waals surface area contributed by atoms with Crippen molar-refractivity contribution in [3.8, 4) is 0 Å². The largest absolute Gasteiger partial charge is 0.480 e. The summed E-state index contributed by atoms with van der Waals surface area (Å²) in [7, 11) is 0. The van der Waals surface area contributed by atoms with Gasteiger partial charge in [-0.3, -0.25) is 0 Å². The topological polar surface area (TPSA) is 105 Å². The fourth-order valence-electron chi connectivity index (χ4n) is 2.57. The molecule has 1 aromatic rings. The monoisotopic (exact) mass is 476 g/mol. The predicted molar refractivity (Wildman–Crippen MR) is 113 cm³/mol. The first-order valence-electron chi connectivity index (χ1n) is 10.2. The Morgan fingerprint density at radius 2 is 1.48 bits per heavy atom. The van der Waals surface area contributed by atoms with E-state index < -0.39 is 47.1 Å². The highest BCUT2D eigenvalue weighted by molar-refractivity contribution is 5.80. The van der Waals surface area contributed by atoms with Gasteiger partial charge >= 0.3 is 24.3 Å².